The van der Waals surface area contributed by atoms with E-state index in [1.54, 1.807) is 12.1 Å². The topological polar surface area (TPSA) is 101 Å². The Kier molecular flexibility index (Phi) is 10.7. The maximum Gasteiger partial charge on any atom is 0.271 e. The zero-order valence-corrected chi connectivity index (χ0v) is 30.6. The lowest BCUT2D eigenvalue weighted by atomic mass is 9.99. The highest BCUT2D eigenvalue weighted by atomic mass is 32.1. The summed E-state index contributed by atoms with van der Waals surface area (Å²) in [6.45, 7) is 9.43. The van der Waals surface area contributed by atoms with Crippen LogP contribution in [0.25, 0.3) is 11.0 Å². The van der Waals surface area contributed by atoms with Crippen LogP contribution in [0.5, 0.6) is 0 Å². The third-order valence-electron chi connectivity index (χ3n) is 9.32. The molecule has 2 aliphatic heterocycles. The molecule has 0 spiro atoms. The van der Waals surface area contributed by atoms with Crippen LogP contribution in [0.15, 0.2) is 24.3 Å². The van der Waals surface area contributed by atoms with Crippen molar-refractivity contribution in [3.8, 4) is 23.7 Å². The minimum atomic E-state index is -0.233. The van der Waals surface area contributed by atoms with Crippen molar-refractivity contribution in [3.05, 3.63) is 66.0 Å². The van der Waals surface area contributed by atoms with Gasteiger partial charge in [-0.25, -0.2) is 0 Å². The smallest absolute Gasteiger partial charge is 0.271 e. The number of nitrogens with zero attached hydrogens (tertiary/aromatic N) is 4. The Morgan fingerprint density at radius 2 is 1.06 bits per heavy atom. The molecule has 4 amide bonds. The van der Waals surface area contributed by atoms with Gasteiger partial charge in [0.1, 0.15) is 20.8 Å². The van der Waals surface area contributed by atoms with E-state index in [2.05, 4.69) is 60.1 Å². The summed E-state index contributed by atoms with van der Waals surface area (Å²) in [5.41, 5.74) is 3.44. The van der Waals surface area contributed by atoms with Gasteiger partial charge in [0.2, 0.25) is 0 Å². The summed E-state index contributed by atoms with van der Waals surface area (Å²) in [6, 6.07) is 7.11. The Hall–Kier alpha value is -4.16. The zero-order valence-electron chi connectivity index (χ0n) is 28.2. The third-order valence-corrected chi connectivity index (χ3v) is 11.9. The van der Waals surface area contributed by atoms with Gasteiger partial charge in [0.05, 0.1) is 43.7 Å². The van der Waals surface area contributed by atoms with Gasteiger partial charge in [-0.1, -0.05) is 89.9 Å². The van der Waals surface area contributed by atoms with Gasteiger partial charge in [-0.05, 0) is 48.9 Å². The highest BCUT2D eigenvalue weighted by Gasteiger charge is 2.39. The Bertz CT molecular complexity index is 1860. The van der Waals surface area contributed by atoms with Crippen LogP contribution in [-0.4, -0.2) is 55.3 Å². The monoisotopic (exact) mass is 710 g/mol. The number of benzene rings is 1. The molecular weight excluding hydrogens is 673 g/mol. The largest absolute Gasteiger partial charge is 0.273 e. The van der Waals surface area contributed by atoms with E-state index in [1.807, 2.05) is 12.1 Å². The highest BCUT2D eigenvalue weighted by molar-refractivity contribution is 7.15. The normalized spacial score (nSPS) is 14.9. The van der Waals surface area contributed by atoms with Crippen LogP contribution in [-0.2, 0) is 0 Å². The summed E-state index contributed by atoms with van der Waals surface area (Å²) in [7, 11) is 0. The van der Waals surface area contributed by atoms with Crippen molar-refractivity contribution in [1.29, 1.82) is 0 Å². The average molecular weight is 711 g/mol. The van der Waals surface area contributed by atoms with Crippen LogP contribution < -0.4 is 0 Å². The summed E-state index contributed by atoms with van der Waals surface area (Å²) in [4.78, 5) is 57.5. The summed E-state index contributed by atoms with van der Waals surface area (Å²) in [5, 5.41) is 0. The predicted octanol–water partition coefficient (Wildman–Crippen LogP) is 8.24. The number of fused-ring (bicyclic) bond motifs is 3. The first kappa shape index (κ1) is 34.7. The van der Waals surface area contributed by atoms with Gasteiger partial charge in [0, 0.05) is 13.1 Å². The fourth-order valence-corrected chi connectivity index (χ4v) is 8.75. The second-order valence-corrected chi connectivity index (χ2v) is 15.2. The van der Waals surface area contributed by atoms with Crippen molar-refractivity contribution < 1.29 is 19.2 Å². The maximum atomic E-state index is 13.1. The number of unbranched alkanes of at least 4 members (excludes halogenated alkanes) is 2. The summed E-state index contributed by atoms with van der Waals surface area (Å²) >= 11 is 3.57. The van der Waals surface area contributed by atoms with E-state index in [0.717, 1.165) is 63.1 Å². The molecule has 0 saturated heterocycles. The van der Waals surface area contributed by atoms with E-state index in [1.165, 1.54) is 32.5 Å². The van der Waals surface area contributed by atoms with E-state index < -0.39 is 0 Å². The van der Waals surface area contributed by atoms with Crippen LogP contribution >= 0.6 is 34.4 Å². The molecule has 3 aromatic heterocycles. The van der Waals surface area contributed by atoms with E-state index in [-0.39, 0.29) is 23.6 Å². The number of carbonyl (C=O) groups excluding carboxylic acids is 4. The van der Waals surface area contributed by atoms with Crippen molar-refractivity contribution >= 4 is 69.1 Å². The van der Waals surface area contributed by atoms with Gasteiger partial charge in [-0.15, -0.1) is 22.7 Å². The molecular formula is C38H38N4O4S3. The molecule has 2 unspecified atom stereocenters. The van der Waals surface area contributed by atoms with Gasteiger partial charge in [-0.2, -0.15) is 8.75 Å². The standard InChI is InChI=1S/C38H38N4O4S3/c1-5-9-11-23(7-3)21-41-35(43)29-19-27(47-33(29)37(41)45)17-15-25-13-14-26(32-31(25)39-49-40-32)16-18-28-20-30-34(48-28)38(46)42(36(30)44)22-24(8-4)12-10-6-2/h13-14,19-20,23-24H,5-12,21-22H2,1-4H3. The van der Waals surface area contributed by atoms with Crippen molar-refractivity contribution in [3.63, 3.8) is 0 Å². The van der Waals surface area contributed by atoms with Crippen molar-refractivity contribution in [2.75, 3.05) is 13.1 Å². The Morgan fingerprint density at radius 3 is 1.43 bits per heavy atom. The molecule has 0 aliphatic carbocycles. The van der Waals surface area contributed by atoms with Crippen LogP contribution in [0.3, 0.4) is 0 Å². The van der Waals surface area contributed by atoms with Crippen LogP contribution in [0.1, 0.15) is 140 Å². The minimum Gasteiger partial charge on any atom is -0.273 e. The first-order valence-corrected chi connectivity index (χ1v) is 19.4. The highest BCUT2D eigenvalue weighted by Crippen LogP contribution is 2.34. The Morgan fingerprint density at radius 1 is 0.633 bits per heavy atom. The number of hydrogen-bond donors (Lipinski definition) is 0. The fraction of sp³-hybridized carbons (Fsp3) is 0.421. The predicted molar refractivity (Wildman–Crippen MR) is 195 cm³/mol. The molecule has 5 heterocycles. The number of hydrogen-bond acceptors (Lipinski definition) is 9. The SMILES string of the molecule is CCCCC(CC)CN1C(=O)c2cc(C#Cc3ccc(C#Cc4cc5c(s4)C(=O)N(CC(CC)CCCC)C5=O)c4nsnc34)sc2C1=O. The first-order valence-electron chi connectivity index (χ1n) is 17.1. The summed E-state index contributed by atoms with van der Waals surface area (Å²) in [5.74, 6) is 12.3. The van der Waals surface area contributed by atoms with Crippen LogP contribution in [0.4, 0.5) is 0 Å². The van der Waals surface area contributed by atoms with Crippen molar-refractivity contribution in [2.45, 2.75) is 79.1 Å². The number of amides is 4. The molecule has 0 bridgehead atoms. The first-order chi connectivity index (χ1) is 23.8. The maximum absolute atomic E-state index is 13.1. The van der Waals surface area contributed by atoms with Crippen molar-refractivity contribution in [2.24, 2.45) is 11.8 Å². The van der Waals surface area contributed by atoms with Crippen LogP contribution in [0.2, 0.25) is 0 Å². The molecule has 0 N–H and O–H groups in total. The van der Waals surface area contributed by atoms with E-state index in [0.29, 0.717) is 77.7 Å². The molecule has 6 rings (SSSR count). The molecule has 4 aromatic rings. The summed E-state index contributed by atoms with van der Waals surface area (Å²) in [6.07, 6.45) is 8.24. The molecule has 0 fully saturated rings. The molecule has 1 aromatic carbocycles. The molecule has 2 aliphatic rings. The lowest BCUT2D eigenvalue weighted by molar-refractivity contribution is 0.0610. The van der Waals surface area contributed by atoms with E-state index >= 15 is 0 Å². The van der Waals surface area contributed by atoms with Gasteiger partial charge >= 0.3 is 0 Å². The quantitative estimate of drug-likeness (QED) is 0.109. The lowest BCUT2D eigenvalue weighted by Gasteiger charge is -2.21. The number of imide groups is 2. The van der Waals surface area contributed by atoms with Crippen LogP contribution in [0, 0.1) is 35.5 Å². The third kappa shape index (κ3) is 6.98. The van der Waals surface area contributed by atoms with Gasteiger partial charge in [0.15, 0.2) is 0 Å². The number of aromatic nitrogens is 2. The number of thiophene rings is 2. The lowest BCUT2D eigenvalue weighted by Crippen LogP contribution is -2.34. The van der Waals surface area contributed by atoms with Gasteiger partial charge in [0.25, 0.3) is 23.6 Å². The fourth-order valence-electron chi connectivity index (χ4n) is 6.27. The molecule has 2 atom stereocenters. The zero-order chi connectivity index (χ0) is 34.7. The van der Waals surface area contributed by atoms with E-state index in [4.69, 9.17) is 0 Å². The average Bonchev–Trinajstić information content (AvgIpc) is 3.93. The van der Waals surface area contributed by atoms with Gasteiger partial charge in [-0.3, -0.25) is 29.0 Å². The second-order valence-electron chi connectivity index (χ2n) is 12.6. The number of carbonyl (C=O) groups is 4. The molecule has 252 valence electrons. The number of rotatable bonds is 12. The Balaban J connectivity index is 1.16. The van der Waals surface area contributed by atoms with Gasteiger partial charge < -0.3 is 0 Å². The second kappa shape index (κ2) is 15.2. The van der Waals surface area contributed by atoms with E-state index in [9.17, 15) is 19.2 Å². The molecule has 0 saturated carbocycles. The molecule has 49 heavy (non-hydrogen) atoms. The molecule has 11 heteroatoms. The minimum absolute atomic E-state index is 0.225. The molecule has 0 radical (unpaired) electrons. The Labute approximate surface area is 299 Å². The summed E-state index contributed by atoms with van der Waals surface area (Å²) < 4.78 is 8.92. The van der Waals surface area contributed by atoms with Crippen molar-refractivity contribution in [1.82, 2.24) is 18.5 Å². The molecule has 8 nitrogen and oxygen atoms in total.